The highest BCUT2D eigenvalue weighted by Gasteiger charge is 2.17. The summed E-state index contributed by atoms with van der Waals surface area (Å²) in [5, 5.41) is 12.7. The Morgan fingerprint density at radius 1 is 0.882 bits per heavy atom. The molecule has 3 aromatic rings. The van der Waals surface area contributed by atoms with Crippen molar-refractivity contribution in [1.82, 2.24) is 9.97 Å². The number of nitrogens with zero attached hydrogens (tertiary/aromatic N) is 5. The molecule has 2 aliphatic heterocycles. The van der Waals surface area contributed by atoms with E-state index in [1.165, 1.54) is 0 Å². The highest BCUT2D eigenvalue weighted by molar-refractivity contribution is 5.70. The molecule has 9 heteroatoms. The summed E-state index contributed by atoms with van der Waals surface area (Å²) in [6, 6.07) is 15.4. The first-order chi connectivity index (χ1) is 16.7. The molecule has 0 unspecified atom stereocenters. The van der Waals surface area contributed by atoms with Gasteiger partial charge in [-0.3, -0.25) is 0 Å². The van der Waals surface area contributed by atoms with Gasteiger partial charge >= 0.3 is 0 Å². The average molecular weight is 461 g/mol. The molecule has 1 aromatic heterocycles. The van der Waals surface area contributed by atoms with Gasteiger partial charge in [0.2, 0.25) is 5.95 Å². The first kappa shape index (κ1) is 22.1. The van der Waals surface area contributed by atoms with E-state index < -0.39 is 5.82 Å². The fourth-order valence-electron chi connectivity index (χ4n) is 4.15. The zero-order valence-electron chi connectivity index (χ0n) is 18.7. The molecule has 0 saturated carbocycles. The first-order valence-corrected chi connectivity index (χ1v) is 11.3. The Bertz CT molecular complexity index is 1190. The molecule has 174 valence electrons. The zero-order chi connectivity index (χ0) is 23.3. The summed E-state index contributed by atoms with van der Waals surface area (Å²) in [4.78, 5) is 12.9. The van der Waals surface area contributed by atoms with Crippen LogP contribution in [-0.4, -0.2) is 62.6 Å². The van der Waals surface area contributed by atoms with Gasteiger partial charge in [0.1, 0.15) is 5.69 Å². The van der Waals surface area contributed by atoms with Gasteiger partial charge in [0.05, 0.1) is 44.3 Å². The molecule has 8 nitrogen and oxygen atoms in total. The number of anilines is 4. The Kier molecular flexibility index (Phi) is 6.51. The maximum Gasteiger partial charge on any atom is 0.227 e. The van der Waals surface area contributed by atoms with Crippen LogP contribution >= 0.6 is 0 Å². The summed E-state index contributed by atoms with van der Waals surface area (Å²) < 4.78 is 25.6. The molecule has 5 rings (SSSR count). The van der Waals surface area contributed by atoms with Gasteiger partial charge in [-0.25, -0.2) is 14.4 Å². The van der Waals surface area contributed by atoms with Crippen LogP contribution < -0.4 is 15.1 Å². The molecule has 34 heavy (non-hydrogen) atoms. The van der Waals surface area contributed by atoms with Crippen LogP contribution in [0.25, 0.3) is 11.3 Å². The van der Waals surface area contributed by atoms with Gasteiger partial charge in [-0.2, -0.15) is 5.26 Å². The molecule has 1 N–H and O–H groups in total. The highest BCUT2D eigenvalue weighted by Crippen LogP contribution is 2.29. The number of hydrogen-bond acceptors (Lipinski definition) is 8. The molecular weight excluding hydrogens is 435 g/mol. The lowest BCUT2D eigenvalue weighted by Gasteiger charge is -2.29. The van der Waals surface area contributed by atoms with Gasteiger partial charge in [0, 0.05) is 48.8 Å². The third-order valence-electron chi connectivity index (χ3n) is 5.94. The summed E-state index contributed by atoms with van der Waals surface area (Å²) in [5.74, 6) is -0.262. The standard InChI is InChI=1S/C25H25FN6O2/c26-23-17-28-25(29-20-1-3-21(4-2-20)31-5-9-33-10-6-31)30-24(23)19-13-18(16-27)14-22(15-19)32-7-11-34-12-8-32/h1-4,13-15,17H,5-12H2,(H,28,29,30). The summed E-state index contributed by atoms with van der Waals surface area (Å²) in [6.07, 6.45) is 1.15. The molecule has 0 radical (unpaired) electrons. The zero-order valence-corrected chi connectivity index (χ0v) is 18.7. The van der Waals surface area contributed by atoms with Crippen LogP contribution in [0, 0.1) is 17.1 Å². The molecular formula is C25H25FN6O2. The van der Waals surface area contributed by atoms with Gasteiger partial charge in [0.15, 0.2) is 5.82 Å². The van der Waals surface area contributed by atoms with E-state index >= 15 is 0 Å². The molecule has 0 spiro atoms. The molecule has 0 atom stereocenters. The van der Waals surface area contributed by atoms with Crippen LogP contribution in [0.2, 0.25) is 0 Å². The molecule has 2 fully saturated rings. The van der Waals surface area contributed by atoms with E-state index in [0.717, 1.165) is 49.6 Å². The average Bonchev–Trinajstić information content (AvgIpc) is 2.91. The van der Waals surface area contributed by atoms with Gasteiger partial charge in [0.25, 0.3) is 0 Å². The second-order valence-corrected chi connectivity index (χ2v) is 8.14. The third kappa shape index (κ3) is 4.93. The molecule has 0 amide bonds. The van der Waals surface area contributed by atoms with Crippen molar-refractivity contribution in [2.24, 2.45) is 0 Å². The number of morpholine rings is 2. The molecule has 0 aliphatic carbocycles. The van der Waals surface area contributed by atoms with Crippen molar-refractivity contribution in [3.8, 4) is 17.3 Å². The lowest BCUT2D eigenvalue weighted by atomic mass is 10.1. The van der Waals surface area contributed by atoms with Crippen molar-refractivity contribution in [3.05, 3.63) is 60.0 Å². The van der Waals surface area contributed by atoms with Gasteiger partial charge in [-0.1, -0.05) is 0 Å². The number of rotatable bonds is 5. The molecule has 2 saturated heterocycles. The number of nitrogens with one attached hydrogen (secondary N) is 1. The summed E-state index contributed by atoms with van der Waals surface area (Å²) in [5.41, 5.74) is 3.90. The van der Waals surface area contributed by atoms with Gasteiger partial charge < -0.3 is 24.6 Å². The maximum absolute atomic E-state index is 14.8. The van der Waals surface area contributed by atoms with Crippen molar-refractivity contribution >= 4 is 23.0 Å². The smallest absolute Gasteiger partial charge is 0.227 e. The Balaban J connectivity index is 1.39. The minimum atomic E-state index is -0.545. The molecule has 2 aliphatic rings. The number of aromatic nitrogens is 2. The normalized spacial score (nSPS) is 16.2. The Hall–Kier alpha value is -3.74. The van der Waals surface area contributed by atoms with Crippen molar-refractivity contribution < 1.29 is 13.9 Å². The Morgan fingerprint density at radius 2 is 1.53 bits per heavy atom. The van der Waals surface area contributed by atoms with Crippen LogP contribution in [0.1, 0.15) is 5.56 Å². The fraction of sp³-hybridized carbons (Fsp3) is 0.320. The van der Waals surface area contributed by atoms with Crippen molar-refractivity contribution in [1.29, 1.82) is 5.26 Å². The third-order valence-corrected chi connectivity index (χ3v) is 5.94. The predicted molar refractivity (Wildman–Crippen MR) is 128 cm³/mol. The van der Waals surface area contributed by atoms with E-state index in [9.17, 15) is 9.65 Å². The van der Waals surface area contributed by atoms with E-state index in [0.29, 0.717) is 37.4 Å². The second-order valence-electron chi connectivity index (χ2n) is 8.14. The predicted octanol–water partition coefficient (Wildman–Crippen LogP) is 3.57. The van der Waals surface area contributed by atoms with E-state index in [-0.39, 0.29) is 11.6 Å². The SMILES string of the molecule is N#Cc1cc(-c2nc(Nc3ccc(N4CCOCC4)cc3)ncc2F)cc(N2CCOCC2)c1. The van der Waals surface area contributed by atoms with Crippen molar-refractivity contribution in [2.45, 2.75) is 0 Å². The van der Waals surface area contributed by atoms with E-state index in [1.807, 2.05) is 36.4 Å². The first-order valence-electron chi connectivity index (χ1n) is 11.3. The minimum absolute atomic E-state index is 0.147. The monoisotopic (exact) mass is 460 g/mol. The number of halogens is 1. The van der Waals surface area contributed by atoms with Gasteiger partial charge in [-0.15, -0.1) is 0 Å². The van der Waals surface area contributed by atoms with E-state index in [4.69, 9.17) is 9.47 Å². The number of benzene rings is 2. The fourth-order valence-corrected chi connectivity index (χ4v) is 4.15. The van der Waals surface area contributed by atoms with Crippen LogP contribution in [0.4, 0.5) is 27.4 Å². The summed E-state index contributed by atoms with van der Waals surface area (Å²) >= 11 is 0. The Morgan fingerprint density at radius 3 is 2.18 bits per heavy atom. The number of ether oxygens (including phenoxy) is 2. The van der Waals surface area contributed by atoms with E-state index in [1.54, 1.807) is 6.07 Å². The van der Waals surface area contributed by atoms with Gasteiger partial charge in [-0.05, 0) is 42.5 Å². The molecule has 3 heterocycles. The van der Waals surface area contributed by atoms with Crippen LogP contribution in [-0.2, 0) is 9.47 Å². The van der Waals surface area contributed by atoms with Crippen LogP contribution in [0.15, 0.2) is 48.7 Å². The highest BCUT2D eigenvalue weighted by atomic mass is 19.1. The minimum Gasteiger partial charge on any atom is -0.378 e. The number of hydrogen-bond donors (Lipinski definition) is 1. The maximum atomic E-state index is 14.8. The summed E-state index contributed by atoms with van der Waals surface area (Å²) in [7, 11) is 0. The number of nitriles is 1. The van der Waals surface area contributed by atoms with Crippen LogP contribution in [0.3, 0.4) is 0 Å². The lowest BCUT2D eigenvalue weighted by Crippen LogP contribution is -2.36. The molecule has 0 bridgehead atoms. The van der Waals surface area contributed by atoms with Crippen molar-refractivity contribution in [2.75, 3.05) is 67.7 Å². The molecule has 2 aromatic carbocycles. The quantitative estimate of drug-likeness (QED) is 0.619. The summed E-state index contributed by atoms with van der Waals surface area (Å²) in [6.45, 7) is 5.86. The van der Waals surface area contributed by atoms with Crippen molar-refractivity contribution in [3.63, 3.8) is 0 Å². The lowest BCUT2D eigenvalue weighted by molar-refractivity contribution is 0.122. The topological polar surface area (TPSA) is 86.5 Å². The second kappa shape index (κ2) is 10.0. The largest absolute Gasteiger partial charge is 0.378 e. The Labute approximate surface area is 197 Å². The van der Waals surface area contributed by atoms with E-state index in [2.05, 4.69) is 31.2 Å². The van der Waals surface area contributed by atoms with Crippen LogP contribution in [0.5, 0.6) is 0 Å².